The van der Waals surface area contributed by atoms with Crippen molar-refractivity contribution in [2.75, 3.05) is 0 Å². The Labute approximate surface area is 119 Å². The predicted octanol–water partition coefficient (Wildman–Crippen LogP) is 2.29. The van der Waals surface area contributed by atoms with Gasteiger partial charge in [0.25, 0.3) is 0 Å². The second-order valence-corrected chi connectivity index (χ2v) is 5.74. The summed E-state index contributed by atoms with van der Waals surface area (Å²) in [5.41, 5.74) is 0. The lowest BCUT2D eigenvalue weighted by Gasteiger charge is -2.26. The summed E-state index contributed by atoms with van der Waals surface area (Å²) in [6.45, 7) is 6.62. The molecule has 0 saturated carbocycles. The molecule has 0 unspecified atom stereocenters. The van der Waals surface area contributed by atoms with E-state index < -0.39 is 0 Å². The topological polar surface area (TPSA) is 53.9 Å². The average Bonchev–Trinajstić information content (AvgIpc) is 2.86. The molecule has 2 atom stereocenters. The van der Waals surface area contributed by atoms with E-state index in [-0.39, 0.29) is 5.91 Å². The third-order valence-corrected chi connectivity index (χ3v) is 4.16. The summed E-state index contributed by atoms with van der Waals surface area (Å²) < 4.78 is 2.37. The van der Waals surface area contributed by atoms with Crippen molar-refractivity contribution in [1.29, 1.82) is 0 Å². The van der Waals surface area contributed by atoms with Crippen LogP contribution in [0, 0.1) is 4.77 Å². The average molecular weight is 282 g/mol. The molecule has 1 aromatic rings. The molecule has 1 fully saturated rings. The minimum absolute atomic E-state index is 0.146. The Morgan fingerprint density at radius 1 is 1.42 bits per heavy atom. The number of likely N-dealkylation sites (tertiary alicyclic amines) is 1. The zero-order chi connectivity index (χ0) is 14.0. The lowest BCUT2D eigenvalue weighted by Crippen LogP contribution is -2.40. The van der Waals surface area contributed by atoms with Gasteiger partial charge in [0, 0.05) is 18.5 Å². The van der Waals surface area contributed by atoms with Crippen LogP contribution >= 0.6 is 12.2 Å². The van der Waals surface area contributed by atoms with Crippen molar-refractivity contribution in [3.05, 3.63) is 10.6 Å². The lowest BCUT2D eigenvalue weighted by molar-refractivity contribution is -0.134. The van der Waals surface area contributed by atoms with Gasteiger partial charge < -0.3 is 4.90 Å². The molecule has 106 valence electrons. The molecule has 0 aromatic carbocycles. The van der Waals surface area contributed by atoms with Crippen molar-refractivity contribution in [1.82, 2.24) is 19.7 Å². The molecule has 1 amide bonds. The van der Waals surface area contributed by atoms with Gasteiger partial charge in [0.2, 0.25) is 5.91 Å². The van der Waals surface area contributed by atoms with Crippen LogP contribution in [0.5, 0.6) is 0 Å². The highest BCUT2D eigenvalue weighted by molar-refractivity contribution is 7.71. The molecule has 19 heavy (non-hydrogen) atoms. The monoisotopic (exact) mass is 282 g/mol. The number of aromatic amines is 1. The first-order chi connectivity index (χ1) is 9.04. The summed E-state index contributed by atoms with van der Waals surface area (Å²) in [6, 6.07) is 0.663. The molecule has 0 aliphatic carbocycles. The van der Waals surface area contributed by atoms with Crippen LogP contribution in [0.25, 0.3) is 0 Å². The van der Waals surface area contributed by atoms with Crippen molar-refractivity contribution in [3.63, 3.8) is 0 Å². The first-order valence-electron chi connectivity index (χ1n) is 6.99. The summed E-state index contributed by atoms with van der Waals surface area (Å²) in [5, 5.41) is 6.98. The maximum Gasteiger partial charge on any atom is 0.243 e. The lowest BCUT2D eigenvalue weighted by atomic mass is 10.2. The van der Waals surface area contributed by atoms with Crippen LogP contribution in [0.1, 0.15) is 45.9 Å². The Hall–Kier alpha value is -1.17. The number of aromatic nitrogens is 3. The van der Waals surface area contributed by atoms with Crippen molar-refractivity contribution in [2.24, 2.45) is 0 Å². The predicted molar refractivity (Wildman–Crippen MR) is 76.4 cm³/mol. The molecule has 0 spiro atoms. The van der Waals surface area contributed by atoms with E-state index in [1.165, 1.54) is 0 Å². The highest BCUT2D eigenvalue weighted by Gasteiger charge is 2.31. The molecular weight excluding hydrogens is 260 g/mol. The zero-order valence-corrected chi connectivity index (χ0v) is 12.7. The van der Waals surface area contributed by atoms with Gasteiger partial charge in [-0.2, -0.15) is 5.10 Å². The first kappa shape index (κ1) is 14.2. The molecule has 1 N–H and O–H groups in total. The number of carbonyl (C=O) groups is 1. The number of hydrogen-bond donors (Lipinski definition) is 1. The largest absolute Gasteiger partial charge is 0.336 e. The Morgan fingerprint density at radius 3 is 2.63 bits per heavy atom. The van der Waals surface area contributed by atoms with E-state index in [0.29, 0.717) is 23.4 Å². The number of aryl methyl sites for hydroxylation is 1. The number of amides is 1. The van der Waals surface area contributed by atoms with Crippen LogP contribution in [0.4, 0.5) is 0 Å². The smallest absolute Gasteiger partial charge is 0.243 e. The van der Waals surface area contributed by atoms with Gasteiger partial charge >= 0.3 is 0 Å². The Balaban J connectivity index is 2.15. The fraction of sp³-hybridized carbons (Fsp3) is 0.769. The number of nitrogens with zero attached hydrogens (tertiary/aromatic N) is 3. The standard InChI is InChI=1S/C13H22N4OS/c1-4-5-11-14-15-13(19)16(11)8-12(18)17-9(2)6-7-10(17)3/h9-10H,4-8H2,1-3H3,(H,15,19)/t9-,10+. The number of rotatable bonds is 4. The number of carbonyl (C=O) groups excluding carboxylic acids is 1. The summed E-state index contributed by atoms with van der Waals surface area (Å²) in [4.78, 5) is 14.4. The highest BCUT2D eigenvalue weighted by atomic mass is 32.1. The quantitative estimate of drug-likeness (QED) is 0.862. The minimum atomic E-state index is 0.146. The Kier molecular flexibility index (Phi) is 4.39. The summed E-state index contributed by atoms with van der Waals surface area (Å²) >= 11 is 5.21. The molecule has 1 aromatic heterocycles. The maximum absolute atomic E-state index is 12.5. The van der Waals surface area contributed by atoms with Crippen LogP contribution in [0.15, 0.2) is 0 Å². The number of H-pyrrole nitrogens is 1. The highest BCUT2D eigenvalue weighted by Crippen LogP contribution is 2.23. The van der Waals surface area contributed by atoms with Gasteiger partial charge in [-0.3, -0.25) is 14.5 Å². The molecule has 2 heterocycles. The summed E-state index contributed by atoms with van der Waals surface area (Å²) in [6.07, 6.45) is 4.01. The van der Waals surface area contributed by atoms with Gasteiger partial charge in [-0.25, -0.2) is 0 Å². The molecule has 1 saturated heterocycles. The zero-order valence-electron chi connectivity index (χ0n) is 11.8. The fourth-order valence-electron chi connectivity index (χ4n) is 2.83. The number of hydrogen-bond acceptors (Lipinski definition) is 3. The molecule has 6 heteroatoms. The first-order valence-corrected chi connectivity index (χ1v) is 7.40. The van der Waals surface area contributed by atoms with E-state index >= 15 is 0 Å². The molecule has 0 radical (unpaired) electrons. The van der Waals surface area contributed by atoms with Crippen LogP contribution in [0.3, 0.4) is 0 Å². The van der Waals surface area contributed by atoms with E-state index in [2.05, 4.69) is 31.0 Å². The fourth-order valence-corrected chi connectivity index (χ4v) is 3.05. The van der Waals surface area contributed by atoms with Crippen LogP contribution in [-0.4, -0.2) is 37.7 Å². The van der Waals surface area contributed by atoms with Gasteiger partial charge in [0.15, 0.2) is 4.77 Å². The number of nitrogens with one attached hydrogen (secondary N) is 1. The Morgan fingerprint density at radius 2 is 2.05 bits per heavy atom. The van der Waals surface area contributed by atoms with Crippen molar-refractivity contribution < 1.29 is 4.79 Å². The van der Waals surface area contributed by atoms with E-state index in [1.807, 2.05) is 9.47 Å². The summed E-state index contributed by atoms with van der Waals surface area (Å²) in [7, 11) is 0. The van der Waals surface area contributed by atoms with Crippen LogP contribution < -0.4 is 0 Å². The Bertz CT molecular complexity index is 497. The van der Waals surface area contributed by atoms with Crippen LogP contribution in [0.2, 0.25) is 0 Å². The second-order valence-electron chi connectivity index (χ2n) is 5.36. The van der Waals surface area contributed by atoms with Crippen molar-refractivity contribution in [2.45, 2.75) is 65.1 Å². The van der Waals surface area contributed by atoms with Crippen molar-refractivity contribution >= 4 is 18.1 Å². The maximum atomic E-state index is 12.5. The van der Waals surface area contributed by atoms with Gasteiger partial charge in [-0.05, 0) is 45.3 Å². The van der Waals surface area contributed by atoms with E-state index in [4.69, 9.17) is 12.2 Å². The van der Waals surface area contributed by atoms with Gasteiger partial charge in [-0.15, -0.1) is 0 Å². The second kappa shape index (κ2) is 5.86. The van der Waals surface area contributed by atoms with E-state index in [1.54, 1.807) is 0 Å². The molecule has 1 aliphatic rings. The normalized spacial score (nSPS) is 23.0. The third-order valence-electron chi connectivity index (χ3n) is 3.84. The molecule has 1 aliphatic heterocycles. The van der Waals surface area contributed by atoms with Crippen molar-refractivity contribution in [3.8, 4) is 0 Å². The summed E-state index contributed by atoms with van der Waals surface area (Å²) in [5.74, 6) is 1.02. The van der Waals surface area contributed by atoms with Crippen LogP contribution in [-0.2, 0) is 17.8 Å². The molecule has 2 rings (SSSR count). The molecule has 0 bridgehead atoms. The van der Waals surface area contributed by atoms with Gasteiger partial charge in [0.05, 0.1) is 0 Å². The minimum Gasteiger partial charge on any atom is -0.336 e. The van der Waals surface area contributed by atoms with Gasteiger partial charge in [-0.1, -0.05) is 6.92 Å². The SMILES string of the molecule is CCCc1n[nH]c(=S)n1CC(=O)N1[C@H](C)CC[C@@H]1C. The third kappa shape index (κ3) is 2.88. The van der Waals surface area contributed by atoms with Gasteiger partial charge in [0.1, 0.15) is 12.4 Å². The van der Waals surface area contributed by atoms with E-state index in [9.17, 15) is 4.79 Å². The van der Waals surface area contributed by atoms with E-state index in [0.717, 1.165) is 31.5 Å². The molecule has 5 nitrogen and oxygen atoms in total. The molecular formula is C13H22N4OS.